The molecule has 0 bridgehead atoms. The van der Waals surface area contributed by atoms with Crippen molar-refractivity contribution in [2.24, 2.45) is 0 Å². The molecule has 2 rings (SSSR count). The summed E-state index contributed by atoms with van der Waals surface area (Å²) in [6, 6.07) is 1.71. The Morgan fingerprint density at radius 1 is 1.40 bits per heavy atom. The molecule has 1 aromatic heterocycles. The fourth-order valence-corrected chi connectivity index (χ4v) is 2.89. The number of hydrogen-bond donors (Lipinski definition) is 2. The van der Waals surface area contributed by atoms with Gasteiger partial charge in [0.1, 0.15) is 6.04 Å². The molecule has 5 heteroatoms. The number of carbonyl (C=O) groups is 2. The molecule has 108 valence electrons. The van der Waals surface area contributed by atoms with Crippen LogP contribution in [0.2, 0.25) is 0 Å². The third-order valence-electron chi connectivity index (χ3n) is 3.42. The summed E-state index contributed by atoms with van der Waals surface area (Å²) in [7, 11) is 0. The second-order valence-corrected chi connectivity index (χ2v) is 5.89. The van der Waals surface area contributed by atoms with Gasteiger partial charge in [-0.3, -0.25) is 9.59 Å². The second kappa shape index (κ2) is 7.24. The van der Waals surface area contributed by atoms with Crippen LogP contribution in [0.25, 0.3) is 6.08 Å². The molecule has 1 saturated carbocycles. The summed E-state index contributed by atoms with van der Waals surface area (Å²) in [4.78, 5) is 23.6. The lowest BCUT2D eigenvalue weighted by atomic mass is 10.2. The Labute approximate surface area is 123 Å². The zero-order valence-corrected chi connectivity index (χ0v) is 12.4. The number of carbonyl (C=O) groups excluding carboxylic acids is 2. The smallest absolute Gasteiger partial charge is 0.244 e. The Morgan fingerprint density at radius 3 is 2.80 bits per heavy atom. The van der Waals surface area contributed by atoms with E-state index >= 15 is 0 Å². The van der Waals surface area contributed by atoms with Crippen LogP contribution in [0, 0.1) is 0 Å². The maximum atomic E-state index is 11.9. The van der Waals surface area contributed by atoms with Crippen molar-refractivity contribution in [3.05, 3.63) is 28.5 Å². The van der Waals surface area contributed by atoms with E-state index in [1.54, 1.807) is 24.3 Å². The van der Waals surface area contributed by atoms with Gasteiger partial charge in [0.25, 0.3) is 0 Å². The van der Waals surface area contributed by atoms with E-state index in [4.69, 9.17) is 0 Å². The van der Waals surface area contributed by atoms with Crippen molar-refractivity contribution in [3.63, 3.8) is 0 Å². The van der Waals surface area contributed by atoms with Gasteiger partial charge >= 0.3 is 0 Å². The summed E-state index contributed by atoms with van der Waals surface area (Å²) in [5.41, 5.74) is 0.994. The molecule has 4 nitrogen and oxygen atoms in total. The molecule has 0 aromatic carbocycles. The van der Waals surface area contributed by atoms with Gasteiger partial charge in [-0.1, -0.05) is 12.8 Å². The molecule has 1 heterocycles. The monoisotopic (exact) mass is 292 g/mol. The molecule has 1 aliphatic rings. The van der Waals surface area contributed by atoms with Gasteiger partial charge in [0.05, 0.1) is 0 Å². The summed E-state index contributed by atoms with van der Waals surface area (Å²) in [5, 5.41) is 9.57. The Hall–Kier alpha value is -1.62. The lowest BCUT2D eigenvalue weighted by Crippen LogP contribution is -2.47. The number of thiophene rings is 1. The zero-order chi connectivity index (χ0) is 14.4. The van der Waals surface area contributed by atoms with Crippen molar-refractivity contribution >= 4 is 29.2 Å². The van der Waals surface area contributed by atoms with Gasteiger partial charge in [-0.2, -0.15) is 11.3 Å². The quantitative estimate of drug-likeness (QED) is 0.818. The van der Waals surface area contributed by atoms with Crippen LogP contribution in [0.5, 0.6) is 0 Å². The molecule has 0 unspecified atom stereocenters. The summed E-state index contributed by atoms with van der Waals surface area (Å²) in [6.07, 6.45) is 7.65. The molecule has 0 aliphatic heterocycles. The maximum Gasteiger partial charge on any atom is 0.244 e. The fraction of sp³-hybridized carbons (Fsp3) is 0.467. The minimum Gasteiger partial charge on any atom is -0.352 e. The number of rotatable bonds is 5. The first-order chi connectivity index (χ1) is 9.65. The number of amides is 2. The molecule has 1 atom stereocenters. The van der Waals surface area contributed by atoms with Crippen molar-refractivity contribution in [1.29, 1.82) is 0 Å². The third-order valence-corrected chi connectivity index (χ3v) is 4.13. The average molecular weight is 292 g/mol. The first-order valence-electron chi connectivity index (χ1n) is 6.96. The van der Waals surface area contributed by atoms with Crippen molar-refractivity contribution in [2.75, 3.05) is 0 Å². The van der Waals surface area contributed by atoms with Crippen LogP contribution in [0.3, 0.4) is 0 Å². The largest absolute Gasteiger partial charge is 0.352 e. The minimum absolute atomic E-state index is 0.103. The van der Waals surface area contributed by atoms with Crippen LogP contribution in [-0.4, -0.2) is 23.9 Å². The summed E-state index contributed by atoms with van der Waals surface area (Å²) in [5.74, 6) is -0.348. The van der Waals surface area contributed by atoms with E-state index in [0.717, 1.165) is 18.4 Å². The van der Waals surface area contributed by atoms with Crippen LogP contribution in [-0.2, 0) is 9.59 Å². The summed E-state index contributed by atoms with van der Waals surface area (Å²) in [6.45, 7) is 1.71. The van der Waals surface area contributed by atoms with Crippen molar-refractivity contribution in [2.45, 2.75) is 44.7 Å². The molecule has 0 radical (unpaired) electrons. The molecular formula is C15H20N2O2S. The minimum atomic E-state index is -0.504. The highest BCUT2D eigenvalue weighted by Crippen LogP contribution is 2.17. The Bertz CT molecular complexity index is 476. The Morgan fingerprint density at radius 2 is 2.15 bits per heavy atom. The predicted octanol–water partition coefficient (Wildman–Crippen LogP) is 2.32. The maximum absolute atomic E-state index is 11.9. The first kappa shape index (κ1) is 14.8. The third kappa shape index (κ3) is 4.49. The van der Waals surface area contributed by atoms with Gasteiger partial charge in [-0.05, 0) is 48.2 Å². The van der Waals surface area contributed by atoms with Gasteiger partial charge in [-0.15, -0.1) is 0 Å². The summed E-state index contributed by atoms with van der Waals surface area (Å²) >= 11 is 1.58. The molecule has 1 aliphatic carbocycles. The van der Waals surface area contributed by atoms with Crippen molar-refractivity contribution in [1.82, 2.24) is 10.6 Å². The molecule has 1 aromatic rings. The standard InChI is InChI=1S/C15H20N2O2S/c1-11(15(19)17-13-4-2-3-5-13)16-14(18)7-6-12-8-9-20-10-12/h6-11,13H,2-5H2,1H3,(H,16,18)(H,17,19)/b7-6-/t11-/m0/s1. The van der Waals surface area contributed by atoms with Crippen LogP contribution in [0.1, 0.15) is 38.2 Å². The van der Waals surface area contributed by atoms with Crippen LogP contribution in [0.15, 0.2) is 22.9 Å². The zero-order valence-electron chi connectivity index (χ0n) is 11.6. The van der Waals surface area contributed by atoms with Crippen molar-refractivity contribution in [3.8, 4) is 0 Å². The van der Waals surface area contributed by atoms with Crippen LogP contribution < -0.4 is 10.6 Å². The average Bonchev–Trinajstić information content (AvgIpc) is 3.09. The predicted molar refractivity (Wildman–Crippen MR) is 81.4 cm³/mol. The van der Waals surface area contributed by atoms with Gasteiger partial charge in [0.15, 0.2) is 0 Å². The van der Waals surface area contributed by atoms with E-state index in [1.165, 1.54) is 18.9 Å². The lowest BCUT2D eigenvalue weighted by Gasteiger charge is -2.17. The SMILES string of the molecule is C[C@H](NC(=O)/C=C\c1ccsc1)C(=O)NC1CCCC1. The van der Waals surface area contributed by atoms with E-state index in [2.05, 4.69) is 10.6 Å². The highest BCUT2D eigenvalue weighted by atomic mass is 32.1. The highest BCUT2D eigenvalue weighted by Gasteiger charge is 2.21. The molecule has 1 fully saturated rings. The van der Waals surface area contributed by atoms with Gasteiger partial charge in [0.2, 0.25) is 11.8 Å². The van der Waals surface area contributed by atoms with Gasteiger partial charge in [0, 0.05) is 12.1 Å². The Kier molecular flexibility index (Phi) is 5.35. The Balaban J connectivity index is 1.76. The molecule has 20 heavy (non-hydrogen) atoms. The van der Waals surface area contributed by atoms with E-state index in [1.807, 2.05) is 16.8 Å². The van der Waals surface area contributed by atoms with E-state index in [-0.39, 0.29) is 17.9 Å². The normalized spacial score (nSPS) is 17.2. The van der Waals surface area contributed by atoms with E-state index in [0.29, 0.717) is 0 Å². The summed E-state index contributed by atoms with van der Waals surface area (Å²) < 4.78 is 0. The van der Waals surface area contributed by atoms with Gasteiger partial charge in [-0.25, -0.2) is 0 Å². The van der Waals surface area contributed by atoms with Crippen molar-refractivity contribution < 1.29 is 9.59 Å². The molecule has 2 N–H and O–H groups in total. The van der Waals surface area contributed by atoms with E-state index < -0.39 is 6.04 Å². The lowest BCUT2D eigenvalue weighted by molar-refractivity contribution is -0.127. The first-order valence-corrected chi connectivity index (χ1v) is 7.90. The fourth-order valence-electron chi connectivity index (χ4n) is 2.27. The molecule has 0 saturated heterocycles. The number of nitrogens with one attached hydrogen (secondary N) is 2. The van der Waals surface area contributed by atoms with Crippen LogP contribution in [0.4, 0.5) is 0 Å². The highest BCUT2D eigenvalue weighted by molar-refractivity contribution is 7.08. The van der Waals surface area contributed by atoms with Gasteiger partial charge < -0.3 is 10.6 Å². The van der Waals surface area contributed by atoms with E-state index in [9.17, 15) is 9.59 Å². The molecular weight excluding hydrogens is 272 g/mol. The second-order valence-electron chi connectivity index (χ2n) is 5.11. The molecule has 2 amide bonds. The topological polar surface area (TPSA) is 58.2 Å². The molecule has 0 spiro atoms. The number of hydrogen-bond acceptors (Lipinski definition) is 3. The van der Waals surface area contributed by atoms with Crippen LogP contribution >= 0.6 is 11.3 Å².